The number of hydrogen-bond donors (Lipinski definition) is 0. The minimum Gasteiger partial charge on any atom is -0.348 e. The molecule has 0 radical (unpaired) electrons. The van der Waals surface area contributed by atoms with Gasteiger partial charge in [-0.05, 0) is 166 Å². The monoisotopic (exact) mass is 1000 g/mol. The zero-order valence-corrected chi connectivity index (χ0v) is 48.2. The van der Waals surface area contributed by atoms with Crippen molar-refractivity contribution in [3.05, 3.63) is 0 Å². The Morgan fingerprint density at radius 3 is 0.283 bits per heavy atom. The quantitative estimate of drug-likeness (QED) is 0.248. The fourth-order valence-corrected chi connectivity index (χ4v) is 43.5. The first kappa shape index (κ1) is 51.9. The van der Waals surface area contributed by atoms with E-state index >= 15 is 0 Å². The largest absolute Gasteiger partial charge is 0.662 e. The zero-order chi connectivity index (χ0) is 46.1. The van der Waals surface area contributed by atoms with Crippen LogP contribution in [0.25, 0.3) is 0 Å². The Kier molecular flexibility index (Phi) is 13.2. The molecule has 8 bridgehead atoms. The molecule has 6 aliphatic rings. The summed E-state index contributed by atoms with van der Waals surface area (Å²) in [5.74, 6) is 0. The van der Waals surface area contributed by atoms with Gasteiger partial charge < -0.3 is 84.8 Å². The molecule has 6 heterocycles. The van der Waals surface area contributed by atoms with Crippen molar-refractivity contribution in [1.29, 1.82) is 0 Å². The second-order valence-electron chi connectivity index (χ2n) is 22.9. The highest BCUT2D eigenvalue weighted by Crippen LogP contribution is 2.54. The van der Waals surface area contributed by atoms with Crippen molar-refractivity contribution < 1.29 is 84.8 Å². The van der Waals surface area contributed by atoms with Gasteiger partial charge >= 0.3 is 72.4 Å². The van der Waals surface area contributed by atoms with E-state index in [4.69, 9.17) is 84.8 Å². The summed E-state index contributed by atoms with van der Waals surface area (Å²) in [6.07, 6.45) is 0. The summed E-state index contributed by atoms with van der Waals surface area (Å²) in [6, 6.07) is 0. The van der Waals surface area contributed by atoms with Crippen LogP contribution in [-0.2, 0) is 84.8 Å². The molecule has 20 nitrogen and oxygen atoms in total. The van der Waals surface area contributed by atoms with E-state index in [1.54, 1.807) is 166 Å². The summed E-state index contributed by atoms with van der Waals surface area (Å²) in [7, 11) is -41.3. The first-order valence-electron chi connectivity index (χ1n) is 20.2. The van der Waals surface area contributed by atoms with Crippen LogP contribution in [0.1, 0.15) is 166 Å². The summed E-state index contributed by atoms with van der Waals surface area (Å²) in [5, 5.41) is 0. The zero-order valence-electron chi connectivity index (χ0n) is 40.2. The molecular weight excluding hydrogens is 929 g/mol. The molecule has 0 aromatic heterocycles. The molecule has 0 spiro atoms. The Bertz CT molecular complexity index is 1170. The molecule has 0 N–H and O–H groups in total. The van der Waals surface area contributed by atoms with Gasteiger partial charge in [0.1, 0.15) is 0 Å². The lowest BCUT2D eigenvalue weighted by atomic mass is 10.2. The minimum atomic E-state index is -5.16. The molecule has 6 rings (SSSR count). The first-order valence-corrected chi connectivity index (χ1v) is 33.2. The summed E-state index contributed by atoms with van der Waals surface area (Å²) < 4.78 is 141. The van der Waals surface area contributed by atoms with Gasteiger partial charge in [0.2, 0.25) is 0 Å². The fraction of sp³-hybridized carbons (Fsp3) is 1.00. The topological polar surface area (TPSA) is 185 Å². The van der Waals surface area contributed by atoms with Crippen LogP contribution in [0.3, 0.4) is 0 Å². The summed E-state index contributed by atoms with van der Waals surface area (Å²) in [6.45, 7) is 42.5. The molecule has 352 valence electrons. The van der Waals surface area contributed by atoms with Crippen molar-refractivity contribution in [3.8, 4) is 0 Å². The number of rotatable bonds is 8. The molecule has 60 heavy (non-hydrogen) atoms. The van der Waals surface area contributed by atoms with Gasteiger partial charge in [-0.3, -0.25) is 0 Å². The molecule has 0 amide bonds. The van der Waals surface area contributed by atoms with E-state index in [-0.39, 0.29) is 0 Å². The first-order chi connectivity index (χ1) is 26.1. The molecule has 6 fully saturated rings. The molecule has 0 aromatic rings. The van der Waals surface area contributed by atoms with Crippen LogP contribution in [0.15, 0.2) is 0 Å². The highest BCUT2D eigenvalue weighted by molar-refractivity contribution is 6.97. The van der Waals surface area contributed by atoms with Crippen molar-refractivity contribution >= 4 is 72.4 Å². The lowest BCUT2D eigenvalue weighted by Crippen LogP contribution is -2.92. The van der Waals surface area contributed by atoms with Crippen LogP contribution in [-0.4, -0.2) is 117 Å². The van der Waals surface area contributed by atoms with E-state index in [9.17, 15) is 0 Å². The molecule has 0 atom stereocenters. The van der Waals surface area contributed by atoms with Crippen LogP contribution in [0.2, 0.25) is 0 Å². The number of hydrogen-bond acceptors (Lipinski definition) is 20. The molecule has 28 heteroatoms. The van der Waals surface area contributed by atoms with Gasteiger partial charge in [-0.15, -0.1) is 0 Å². The second kappa shape index (κ2) is 15.2. The van der Waals surface area contributed by atoms with Gasteiger partial charge in [-0.1, -0.05) is 0 Å². The van der Waals surface area contributed by atoms with Gasteiger partial charge in [-0.25, -0.2) is 0 Å². The Labute approximate surface area is 366 Å². The summed E-state index contributed by atoms with van der Waals surface area (Å²) >= 11 is 0. The van der Waals surface area contributed by atoms with Crippen molar-refractivity contribution in [1.82, 2.24) is 0 Å². The lowest BCUT2D eigenvalue weighted by Gasteiger charge is -2.60. The van der Waals surface area contributed by atoms with Crippen LogP contribution < -0.4 is 0 Å². The second-order valence-corrected chi connectivity index (χ2v) is 42.4. The Morgan fingerprint density at radius 1 is 0.167 bits per heavy atom. The molecule has 0 aliphatic carbocycles. The van der Waals surface area contributed by atoms with E-state index in [0.717, 1.165) is 0 Å². The van der Waals surface area contributed by atoms with E-state index in [0.29, 0.717) is 0 Å². The van der Waals surface area contributed by atoms with Crippen molar-refractivity contribution in [2.24, 2.45) is 0 Å². The smallest absolute Gasteiger partial charge is 0.348 e. The van der Waals surface area contributed by atoms with E-state index in [1.165, 1.54) is 0 Å². The minimum absolute atomic E-state index is 1.11. The lowest BCUT2D eigenvalue weighted by molar-refractivity contribution is -0.201. The highest BCUT2D eigenvalue weighted by Gasteiger charge is 2.93. The van der Waals surface area contributed by atoms with Gasteiger partial charge in [0.15, 0.2) is 0 Å². The third-order valence-corrected chi connectivity index (χ3v) is 37.3. The third kappa shape index (κ3) is 13.5. The van der Waals surface area contributed by atoms with E-state index in [1.807, 2.05) is 0 Å². The maximum atomic E-state index is 7.20. The molecule has 6 aliphatic heterocycles. The maximum Gasteiger partial charge on any atom is 0.662 e. The van der Waals surface area contributed by atoms with E-state index in [2.05, 4.69) is 0 Å². The predicted octanol–water partition coefficient (Wildman–Crippen LogP) is 6.26. The van der Waals surface area contributed by atoms with Crippen LogP contribution >= 0.6 is 0 Å². The van der Waals surface area contributed by atoms with Gasteiger partial charge in [-0.2, -0.15) is 0 Å². The van der Waals surface area contributed by atoms with Crippen LogP contribution in [0.4, 0.5) is 0 Å². The fourth-order valence-electron chi connectivity index (χ4n) is 5.84. The highest BCUT2D eigenvalue weighted by atomic mass is 28.7. The van der Waals surface area contributed by atoms with Gasteiger partial charge in [0.05, 0.1) is 44.8 Å². The Hall–Kier alpha value is 0.935. The molecule has 6 saturated heterocycles. The molecule has 0 aromatic carbocycles. The Balaban J connectivity index is 2.08. The van der Waals surface area contributed by atoms with Crippen LogP contribution in [0, 0.1) is 0 Å². The average molecular weight is 1000 g/mol. The molecule has 0 saturated carbocycles. The van der Waals surface area contributed by atoms with Crippen LogP contribution in [0.5, 0.6) is 0 Å². The van der Waals surface area contributed by atoms with Crippen molar-refractivity contribution in [2.75, 3.05) is 0 Å². The normalized spacial score (nSPS) is 39.6. The maximum absolute atomic E-state index is 7.20. The Morgan fingerprint density at radius 2 is 0.233 bits per heavy atom. The standard InChI is InChI=1S/C32H72O20Si8/c1-25(2,3)33-53-41-54(34-26(4,5)6)44-57(37-29(13,14)15)46-55(42-53,35-27(7,8)9)48-59(39-31(19,20)21)49-56(43-53,36-28(10,11)12)47-58(45-54,38-30(16,17)18)51-60(50-57,52-59)40-32(22,23)24/h1-24H3. The van der Waals surface area contributed by atoms with Crippen molar-refractivity contribution in [3.63, 3.8) is 0 Å². The molecule has 0 unspecified atom stereocenters. The van der Waals surface area contributed by atoms with Gasteiger partial charge in [0, 0.05) is 0 Å². The predicted molar refractivity (Wildman–Crippen MR) is 226 cm³/mol. The third-order valence-electron chi connectivity index (χ3n) is 6.45. The van der Waals surface area contributed by atoms with Crippen molar-refractivity contribution in [2.45, 2.75) is 211 Å². The van der Waals surface area contributed by atoms with E-state index < -0.39 is 117 Å². The average Bonchev–Trinajstić information content (AvgIpc) is 2.73. The SMILES string of the molecule is CC(C)(C)O[Si]12O[Si]3(OC(C)(C)C)O[Si]4(OC(C)(C)C)O[Si](OC(C)(C)C)(O1)O[Si]1(OC(C)(C)C)O[Si](OC(C)(C)C)(O2)O[Si](OC(C)(C)C)(O3)O[Si](OC(C)(C)C)(O4)O1. The van der Waals surface area contributed by atoms with Gasteiger partial charge in [0.25, 0.3) is 0 Å². The summed E-state index contributed by atoms with van der Waals surface area (Å²) in [4.78, 5) is 0. The summed E-state index contributed by atoms with van der Waals surface area (Å²) in [5.41, 5.74) is -8.90. The molecular formula is C32H72O20Si8.